The van der Waals surface area contributed by atoms with Crippen LogP contribution in [-0.4, -0.2) is 20.3 Å². The largest absolute Gasteiger partial charge is 0.499 e. The van der Waals surface area contributed by atoms with E-state index < -0.39 is 0 Å². The van der Waals surface area contributed by atoms with Gasteiger partial charge in [0, 0.05) is 0 Å². The maximum atomic E-state index is 4.93. The Kier molecular flexibility index (Phi) is 1.32. The summed E-state index contributed by atoms with van der Waals surface area (Å²) in [4.78, 5) is 0. The Morgan fingerprint density at radius 2 is 2.71 bits per heavy atom. The van der Waals surface area contributed by atoms with E-state index in [1.165, 1.54) is 0 Å². The number of ether oxygens (including phenoxy) is 2. The molecule has 0 spiro atoms. The lowest BCUT2D eigenvalue weighted by atomic mass is 10.5. The second-order valence-corrected chi connectivity index (χ2v) is 1.39. The van der Waals surface area contributed by atoms with Crippen LogP contribution in [0.5, 0.6) is 0 Å². The minimum atomic E-state index is 0.649. The Balaban J connectivity index is 2.36. The Morgan fingerprint density at radius 3 is 3.00 bits per heavy atom. The van der Waals surface area contributed by atoms with Gasteiger partial charge >= 0.3 is 0 Å². The normalized spacial score (nSPS) is 19.3. The zero-order chi connectivity index (χ0) is 5.11. The molecule has 0 aromatic heterocycles. The molecular weight excluding hydrogens is 92.1 g/mol. The van der Waals surface area contributed by atoms with Crippen LogP contribution in [0.25, 0.3) is 0 Å². The molecule has 0 radical (unpaired) electrons. The lowest BCUT2D eigenvalue weighted by Gasteiger charge is -1.93. The summed E-state index contributed by atoms with van der Waals surface area (Å²) in [6.07, 6.45) is 1.93. The van der Waals surface area contributed by atoms with E-state index in [1.54, 1.807) is 7.11 Å². The summed E-state index contributed by atoms with van der Waals surface area (Å²) in [6, 6.07) is 0. The van der Waals surface area contributed by atoms with E-state index in [0.29, 0.717) is 13.2 Å². The van der Waals surface area contributed by atoms with Gasteiger partial charge in [0.15, 0.2) is 0 Å². The van der Waals surface area contributed by atoms with Gasteiger partial charge < -0.3 is 9.47 Å². The minimum absolute atomic E-state index is 0.649. The van der Waals surface area contributed by atoms with Gasteiger partial charge in [0.05, 0.1) is 13.7 Å². The van der Waals surface area contributed by atoms with Crippen molar-refractivity contribution in [1.29, 1.82) is 0 Å². The van der Waals surface area contributed by atoms with Gasteiger partial charge in [0.1, 0.15) is 12.4 Å². The predicted octanol–water partition coefficient (Wildman–Crippen LogP) is 0.547. The number of methoxy groups -OCH3 is 1. The van der Waals surface area contributed by atoms with Crippen LogP contribution in [0, 0.1) is 0 Å². The van der Waals surface area contributed by atoms with Crippen molar-refractivity contribution in [2.24, 2.45) is 0 Å². The van der Waals surface area contributed by atoms with Gasteiger partial charge in [0.2, 0.25) is 0 Å². The van der Waals surface area contributed by atoms with Crippen molar-refractivity contribution in [1.82, 2.24) is 0 Å². The van der Waals surface area contributed by atoms with Crippen molar-refractivity contribution < 1.29 is 9.47 Å². The van der Waals surface area contributed by atoms with Gasteiger partial charge in [-0.15, -0.1) is 0 Å². The van der Waals surface area contributed by atoms with Crippen LogP contribution in [0.3, 0.4) is 0 Å². The molecule has 0 aromatic carbocycles. The summed E-state index contributed by atoms with van der Waals surface area (Å²) < 4.78 is 9.78. The summed E-state index contributed by atoms with van der Waals surface area (Å²) in [5, 5.41) is 0. The third-order valence-corrected chi connectivity index (χ3v) is 0.935. The van der Waals surface area contributed by atoms with Crippen LogP contribution in [0.4, 0.5) is 0 Å². The first-order valence-corrected chi connectivity index (χ1v) is 2.24. The van der Waals surface area contributed by atoms with Gasteiger partial charge in [-0.3, -0.25) is 0 Å². The maximum absolute atomic E-state index is 4.93. The molecule has 2 nitrogen and oxygen atoms in total. The highest BCUT2D eigenvalue weighted by Crippen LogP contribution is 2.02. The zero-order valence-electron chi connectivity index (χ0n) is 4.31. The van der Waals surface area contributed by atoms with Crippen LogP contribution >= 0.6 is 0 Å². The quantitative estimate of drug-likeness (QED) is 0.479. The molecule has 40 valence electrons. The van der Waals surface area contributed by atoms with E-state index in [-0.39, 0.29) is 0 Å². The molecule has 0 fully saturated rings. The Bertz CT molecular complexity index is 86.1. The Labute approximate surface area is 42.7 Å². The van der Waals surface area contributed by atoms with E-state index in [4.69, 9.17) is 9.47 Å². The molecule has 0 N–H and O–H groups in total. The number of rotatable bonds is 1. The fourth-order valence-electron chi connectivity index (χ4n) is 0.513. The van der Waals surface area contributed by atoms with Gasteiger partial charge in [0.25, 0.3) is 0 Å². The second-order valence-electron chi connectivity index (χ2n) is 1.39. The average molecular weight is 100 g/mol. The summed E-state index contributed by atoms with van der Waals surface area (Å²) in [5.41, 5.74) is 0. The van der Waals surface area contributed by atoms with Crippen molar-refractivity contribution >= 4 is 0 Å². The fraction of sp³-hybridized carbons (Fsp3) is 0.600. The molecule has 2 heteroatoms. The van der Waals surface area contributed by atoms with Crippen molar-refractivity contribution in [2.45, 2.75) is 0 Å². The topological polar surface area (TPSA) is 18.5 Å². The van der Waals surface area contributed by atoms with Crippen molar-refractivity contribution in [3.8, 4) is 0 Å². The monoisotopic (exact) mass is 100 g/mol. The third-order valence-electron chi connectivity index (χ3n) is 0.935. The van der Waals surface area contributed by atoms with Crippen molar-refractivity contribution in [3.63, 3.8) is 0 Å². The van der Waals surface area contributed by atoms with Gasteiger partial charge in [-0.05, 0) is 6.08 Å². The number of hydrogen-bond acceptors (Lipinski definition) is 2. The van der Waals surface area contributed by atoms with E-state index in [9.17, 15) is 0 Å². The lowest BCUT2D eigenvalue weighted by Crippen LogP contribution is -1.87. The molecular formula is C5H8O2. The van der Waals surface area contributed by atoms with E-state index in [0.717, 1.165) is 5.76 Å². The molecule has 1 aliphatic heterocycles. The average Bonchev–Trinajstić information content (AvgIpc) is 2.14. The van der Waals surface area contributed by atoms with Crippen molar-refractivity contribution in [2.75, 3.05) is 20.3 Å². The zero-order valence-corrected chi connectivity index (χ0v) is 4.31. The molecule has 0 aromatic rings. The third kappa shape index (κ3) is 0.933. The summed E-state index contributed by atoms with van der Waals surface area (Å²) in [6.45, 7) is 1.36. The highest BCUT2D eigenvalue weighted by molar-refractivity contribution is 4.97. The first-order chi connectivity index (χ1) is 3.43. The molecule has 1 aliphatic rings. The molecule has 0 unspecified atom stereocenters. The molecule has 0 atom stereocenters. The van der Waals surface area contributed by atoms with Crippen LogP contribution < -0.4 is 0 Å². The molecule has 0 aliphatic carbocycles. The van der Waals surface area contributed by atoms with E-state index in [1.807, 2.05) is 6.08 Å². The highest BCUT2D eigenvalue weighted by Gasteiger charge is 2.00. The molecule has 1 heterocycles. The summed E-state index contributed by atoms with van der Waals surface area (Å²) in [5.74, 6) is 0.944. The molecule has 7 heavy (non-hydrogen) atoms. The van der Waals surface area contributed by atoms with Crippen LogP contribution in [0.1, 0.15) is 0 Å². The molecule has 0 saturated heterocycles. The van der Waals surface area contributed by atoms with Crippen LogP contribution in [0.2, 0.25) is 0 Å². The Morgan fingerprint density at radius 1 is 1.86 bits per heavy atom. The first-order valence-electron chi connectivity index (χ1n) is 2.24. The van der Waals surface area contributed by atoms with Crippen LogP contribution in [0.15, 0.2) is 11.8 Å². The summed E-state index contributed by atoms with van der Waals surface area (Å²) >= 11 is 0. The molecule has 0 amide bonds. The molecule has 0 bridgehead atoms. The second kappa shape index (κ2) is 1.98. The van der Waals surface area contributed by atoms with Gasteiger partial charge in [-0.2, -0.15) is 0 Å². The Hall–Kier alpha value is -0.500. The van der Waals surface area contributed by atoms with Crippen molar-refractivity contribution in [3.05, 3.63) is 11.8 Å². The number of hydrogen-bond donors (Lipinski definition) is 0. The lowest BCUT2D eigenvalue weighted by molar-refractivity contribution is 0.167. The fourth-order valence-corrected chi connectivity index (χ4v) is 0.513. The maximum Gasteiger partial charge on any atom is 0.120 e. The van der Waals surface area contributed by atoms with E-state index >= 15 is 0 Å². The SMILES string of the molecule is COC1=CCOC1. The molecule has 0 saturated carbocycles. The van der Waals surface area contributed by atoms with Gasteiger partial charge in [-0.25, -0.2) is 0 Å². The van der Waals surface area contributed by atoms with E-state index in [2.05, 4.69) is 0 Å². The first kappa shape index (κ1) is 4.65. The van der Waals surface area contributed by atoms with Gasteiger partial charge in [-0.1, -0.05) is 0 Å². The standard InChI is InChI=1S/C5H8O2/c1-6-5-2-3-7-4-5/h2H,3-4H2,1H3. The predicted molar refractivity (Wildman–Crippen MR) is 25.9 cm³/mol. The summed E-state index contributed by atoms with van der Waals surface area (Å²) in [7, 11) is 1.65. The van der Waals surface area contributed by atoms with Crippen LogP contribution in [-0.2, 0) is 9.47 Å². The highest BCUT2D eigenvalue weighted by atomic mass is 16.5. The minimum Gasteiger partial charge on any atom is -0.499 e. The smallest absolute Gasteiger partial charge is 0.120 e. The molecule has 1 rings (SSSR count).